The lowest BCUT2D eigenvalue weighted by Crippen LogP contribution is -2.45. The number of fused-ring (bicyclic) bond motifs is 2. The van der Waals surface area contributed by atoms with Crippen LogP contribution in [0.25, 0.3) is 0 Å². The third-order valence-electron chi connectivity index (χ3n) is 6.06. The molecule has 0 amide bonds. The van der Waals surface area contributed by atoms with Crippen molar-refractivity contribution in [2.24, 2.45) is 0 Å². The smallest absolute Gasteiger partial charge is 0.276 e. The van der Waals surface area contributed by atoms with Gasteiger partial charge in [0.25, 0.3) is 15.2 Å². The third-order valence-corrected chi connectivity index (χ3v) is 7.39. The Bertz CT molecular complexity index is 962. The maximum Gasteiger partial charge on any atom is 0.276 e. The number of rotatable bonds is 5. The van der Waals surface area contributed by atoms with Crippen molar-refractivity contribution in [1.82, 2.24) is 25.2 Å². The monoisotopic (exact) mass is 402 g/mol. The number of anilines is 2. The number of hydrogen-bond donors (Lipinski definition) is 4. The zero-order valence-electron chi connectivity index (χ0n) is 15.8. The molecule has 1 aromatic carbocycles. The van der Waals surface area contributed by atoms with Crippen LogP contribution in [0.5, 0.6) is 0 Å². The lowest BCUT2D eigenvalue weighted by molar-refractivity contribution is 0.427. The zero-order valence-corrected chi connectivity index (χ0v) is 16.7. The minimum absolute atomic E-state index is 0.110. The molecule has 8 nitrogen and oxygen atoms in total. The van der Waals surface area contributed by atoms with Crippen LogP contribution in [-0.4, -0.2) is 42.7 Å². The summed E-state index contributed by atoms with van der Waals surface area (Å²) < 4.78 is 28.0. The average molecular weight is 403 g/mol. The quantitative estimate of drug-likeness (QED) is 0.604. The molecular weight excluding hydrogens is 376 g/mol. The first-order chi connectivity index (χ1) is 13.6. The van der Waals surface area contributed by atoms with Gasteiger partial charge in [-0.2, -0.15) is 0 Å². The molecular formula is C19H26N6O2S. The van der Waals surface area contributed by atoms with Crippen molar-refractivity contribution in [3.8, 4) is 0 Å². The Morgan fingerprint density at radius 2 is 1.75 bits per heavy atom. The van der Waals surface area contributed by atoms with E-state index in [4.69, 9.17) is 0 Å². The Labute approximate surface area is 165 Å². The summed E-state index contributed by atoms with van der Waals surface area (Å²) >= 11 is 0. The summed E-state index contributed by atoms with van der Waals surface area (Å²) in [4.78, 5) is 2.87. The number of H-pyrrole nitrogens is 1. The van der Waals surface area contributed by atoms with Crippen LogP contribution in [0.3, 0.4) is 0 Å². The molecule has 1 unspecified atom stereocenters. The number of sulfonamides is 1. The van der Waals surface area contributed by atoms with Crippen molar-refractivity contribution in [3.05, 3.63) is 28.3 Å². The topological polar surface area (TPSA) is 112 Å². The number of nitrogens with one attached hydrogen (secondary N) is 4. The van der Waals surface area contributed by atoms with E-state index in [1.54, 1.807) is 0 Å². The van der Waals surface area contributed by atoms with Crippen LogP contribution < -0.4 is 15.4 Å². The third kappa shape index (κ3) is 3.31. The predicted molar refractivity (Wildman–Crippen MR) is 106 cm³/mol. The van der Waals surface area contributed by atoms with E-state index >= 15 is 0 Å². The van der Waals surface area contributed by atoms with Crippen LogP contribution in [-0.2, 0) is 35.7 Å². The minimum Gasteiger partial charge on any atom is -0.324 e. The second-order valence-corrected chi connectivity index (χ2v) is 9.63. The molecule has 150 valence electrons. The zero-order chi connectivity index (χ0) is 19.1. The summed E-state index contributed by atoms with van der Waals surface area (Å²) in [6.07, 6.45) is 8.47. The molecule has 0 radical (unpaired) electrons. The fraction of sp³-hybridized carbons (Fsp3) is 0.579. The fourth-order valence-corrected chi connectivity index (χ4v) is 5.87. The highest BCUT2D eigenvalue weighted by Crippen LogP contribution is 2.39. The number of hydrogen-bond acceptors (Lipinski definition) is 6. The second kappa shape index (κ2) is 7.13. The number of aryl methyl sites for hydroxylation is 2. The lowest BCUT2D eigenvalue weighted by atomic mass is 9.99. The van der Waals surface area contributed by atoms with E-state index in [9.17, 15) is 8.42 Å². The maximum absolute atomic E-state index is 12.6. The number of piperidine rings is 1. The summed E-state index contributed by atoms with van der Waals surface area (Å²) in [5, 5.41) is 14.4. The number of aromatic nitrogens is 3. The van der Waals surface area contributed by atoms with Crippen LogP contribution in [0.2, 0.25) is 0 Å². The summed E-state index contributed by atoms with van der Waals surface area (Å²) in [5.41, 5.74) is 6.66. The van der Waals surface area contributed by atoms with Gasteiger partial charge in [0.2, 0.25) is 5.95 Å². The minimum atomic E-state index is -3.71. The van der Waals surface area contributed by atoms with Gasteiger partial charge in [-0.3, -0.25) is 4.98 Å². The van der Waals surface area contributed by atoms with E-state index in [1.807, 2.05) is 0 Å². The molecule has 3 aliphatic rings. The highest BCUT2D eigenvalue weighted by Gasteiger charge is 2.27. The highest BCUT2D eigenvalue weighted by atomic mass is 32.2. The first-order valence-electron chi connectivity index (χ1n) is 10.2. The Balaban J connectivity index is 1.39. The molecule has 1 aliphatic heterocycles. The van der Waals surface area contributed by atoms with Crippen molar-refractivity contribution < 1.29 is 8.42 Å². The molecule has 1 aromatic heterocycles. The highest BCUT2D eigenvalue weighted by molar-refractivity contribution is 7.89. The molecule has 2 aliphatic carbocycles. The van der Waals surface area contributed by atoms with Crippen LogP contribution >= 0.6 is 0 Å². The van der Waals surface area contributed by atoms with E-state index in [2.05, 4.69) is 36.6 Å². The number of benzene rings is 1. The van der Waals surface area contributed by atoms with Crippen LogP contribution in [0, 0.1) is 0 Å². The van der Waals surface area contributed by atoms with Gasteiger partial charge in [-0.15, -0.1) is 10.2 Å². The van der Waals surface area contributed by atoms with Gasteiger partial charge in [0, 0.05) is 18.3 Å². The normalized spacial score (nSPS) is 21.5. The predicted octanol–water partition coefficient (Wildman–Crippen LogP) is 1.56. The summed E-state index contributed by atoms with van der Waals surface area (Å²) in [6.45, 7) is 1.57. The van der Waals surface area contributed by atoms with Gasteiger partial charge in [-0.05, 0) is 80.2 Å². The SMILES string of the molecule is O=S(=O)(NC1CCCNC1)c1nnc(Nc2c3c(cc4c2CCC4)CCC3)[nH]1. The molecule has 2 heterocycles. The fourth-order valence-electron chi connectivity index (χ4n) is 4.74. The Kier molecular flexibility index (Phi) is 4.60. The second-order valence-electron chi connectivity index (χ2n) is 8.00. The summed E-state index contributed by atoms with van der Waals surface area (Å²) in [7, 11) is -3.71. The van der Waals surface area contributed by atoms with E-state index in [0.29, 0.717) is 12.5 Å². The van der Waals surface area contributed by atoms with E-state index in [-0.39, 0.29) is 11.2 Å². The van der Waals surface area contributed by atoms with Gasteiger partial charge in [-0.25, -0.2) is 13.1 Å². The van der Waals surface area contributed by atoms with Crippen LogP contribution in [0.1, 0.15) is 47.9 Å². The Morgan fingerprint density at radius 3 is 2.43 bits per heavy atom. The van der Waals surface area contributed by atoms with Gasteiger partial charge < -0.3 is 10.6 Å². The lowest BCUT2D eigenvalue weighted by Gasteiger charge is -2.22. The van der Waals surface area contributed by atoms with E-state index < -0.39 is 10.0 Å². The van der Waals surface area contributed by atoms with Crippen LogP contribution in [0.4, 0.5) is 11.6 Å². The van der Waals surface area contributed by atoms with Crippen molar-refractivity contribution in [2.75, 3.05) is 18.4 Å². The molecule has 4 N–H and O–H groups in total. The first-order valence-corrected chi connectivity index (χ1v) is 11.7. The van der Waals surface area contributed by atoms with Gasteiger partial charge in [0.05, 0.1) is 0 Å². The average Bonchev–Trinajstić information content (AvgIpc) is 3.42. The number of nitrogens with zero attached hydrogens (tertiary/aromatic N) is 2. The molecule has 0 spiro atoms. The van der Waals surface area contributed by atoms with Crippen molar-refractivity contribution >= 4 is 21.7 Å². The number of aromatic amines is 1. The standard InChI is InChI=1S/C19H26N6O2S/c26-28(27,25-14-6-3-9-20-11-14)19-22-18(23-24-19)21-17-15-7-1-4-12(15)10-13-5-2-8-16(13)17/h10,14,20,25H,1-9,11H2,(H2,21,22,23,24). The van der Waals surface area contributed by atoms with E-state index in [1.165, 1.54) is 35.1 Å². The summed E-state index contributed by atoms with van der Waals surface area (Å²) in [5.74, 6) is 0.386. The van der Waals surface area contributed by atoms with Crippen molar-refractivity contribution in [1.29, 1.82) is 0 Å². The molecule has 9 heteroatoms. The van der Waals surface area contributed by atoms with Gasteiger partial charge >= 0.3 is 0 Å². The molecule has 0 saturated carbocycles. The molecule has 1 atom stereocenters. The van der Waals surface area contributed by atoms with Gasteiger partial charge in [0.15, 0.2) is 0 Å². The maximum atomic E-state index is 12.6. The molecule has 1 saturated heterocycles. The van der Waals surface area contributed by atoms with Crippen molar-refractivity contribution in [2.45, 2.75) is 62.6 Å². The molecule has 2 aromatic rings. The van der Waals surface area contributed by atoms with Gasteiger partial charge in [0.1, 0.15) is 0 Å². The van der Waals surface area contributed by atoms with Gasteiger partial charge in [-0.1, -0.05) is 6.07 Å². The van der Waals surface area contributed by atoms with E-state index in [0.717, 1.165) is 50.8 Å². The molecule has 0 bridgehead atoms. The molecule has 1 fully saturated rings. The molecule has 5 rings (SSSR count). The summed E-state index contributed by atoms with van der Waals surface area (Å²) in [6, 6.07) is 2.26. The van der Waals surface area contributed by atoms with Crippen LogP contribution in [0.15, 0.2) is 11.2 Å². The Hall–Kier alpha value is -1.97. The molecule has 28 heavy (non-hydrogen) atoms. The largest absolute Gasteiger partial charge is 0.324 e. The van der Waals surface area contributed by atoms with Crippen molar-refractivity contribution in [3.63, 3.8) is 0 Å². The Morgan fingerprint density at radius 1 is 1.00 bits per heavy atom. The first kappa shape index (κ1) is 18.1.